The number of hydrogen-bond acceptors (Lipinski definition) is 3. The summed E-state index contributed by atoms with van der Waals surface area (Å²) in [5, 5.41) is 0.115. The molecule has 2 heterocycles. The Morgan fingerprint density at radius 1 is 1.53 bits per heavy atom. The first-order chi connectivity index (χ1) is 8.33. The molecule has 1 aromatic heterocycles. The van der Waals surface area contributed by atoms with Crippen LogP contribution < -0.4 is 0 Å². The minimum atomic E-state index is 0.115. The molecular weight excluding hydrogens is 232 g/mol. The summed E-state index contributed by atoms with van der Waals surface area (Å²) in [6, 6.07) is 5.91. The van der Waals surface area contributed by atoms with Gasteiger partial charge in [-0.2, -0.15) is 0 Å². The fourth-order valence-corrected chi connectivity index (χ4v) is 3.19. The van der Waals surface area contributed by atoms with Crippen molar-refractivity contribution in [2.75, 3.05) is 12.3 Å². The van der Waals surface area contributed by atoms with Crippen molar-refractivity contribution in [3.8, 4) is 0 Å². The maximum atomic E-state index is 12.0. The second-order valence-corrected chi connectivity index (χ2v) is 5.36. The molecule has 0 aliphatic carbocycles. The molecular formula is C13H18N2OS. The number of amides is 1. The molecule has 1 amide bonds. The Morgan fingerprint density at radius 2 is 2.41 bits per heavy atom. The number of nitrogens with zero attached hydrogens (tertiary/aromatic N) is 2. The standard InChI is InChI=1S/C13H18N2OS/c1-2-3-9-15-12(16)7-10-17-13(15)11-6-4-5-8-14-11/h4-6,8,13H,2-3,7,9-10H2,1H3. The Balaban J connectivity index is 2.14. The first-order valence-corrected chi connectivity index (χ1v) is 7.20. The first kappa shape index (κ1) is 12.4. The number of pyridine rings is 1. The van der Waals surface area contributed by atoms with Crippen LogP contribution in [0.3, 0.4) is 0 Å². The smallest absolute Gasteiger partial charge is 0.224 e. The summed E-state index contributed by atoms with van der Waals surface area (Å²) in [5.74, 6) is 1.18. The molecule has 1 unspecified atom stereocenters. The van der Waals surface area contributed by atoms with E-state index in [1.54, 1.807) is 6.20 Å². The fraction of sp³-hybridized carbons (Fsp3) is 0.538. The van der Waals surface area contributed by atoms with Crippen LogP contribution in [0, 0.1) is 0 Å². The van der Waals surface area contributed by atoms with Gasteiger partial charge in [0.15, 0.2) is 0 Å². The van der Waals surface area contributed by atoms with Crippen LogP contribution in [0.15, 0.2) is 24.4 Å². The van der Waals surface area contributed by atoms with Gasteiger partial charge in [-0.15, -0.1) is 11.8 Å². The number of unbranched alkanes of at least 4 members (excludes halogenated alkanes) is 1. The van der Waals surface area contributed by atoms with E-state index in [0.29, 0.717) is 6.42 Å². The molecule has 17 heavy (non-hydrogen) atoms. The molecule has 0 bridgehead atoms. The van der Waals surface area contributed by atoms with E-state index < -0.39 is 0 Å². The van der Waals surface area contributed by atoms with Crippen molar-refractivity contribution in [1.82, 2.24) is 9.88 Å². The molecule has 1 aliphatic rings. The number of aromatic nitrogens is 1. The van der Waals surface area contributed by atoms with Gasteiger partial charge in [-0.3, -0.25) is 9.78 Å². The lowest BCUT2D eigenvalue weighted by Gasteiger charge is -2.34. The molecule has 1 aromatic rings. The number of carbonyl (C=O) groups excluding carboxylic acids is 1. The monoisotopic (exact) mass is 250 g/mol. The van der Waals surface area contributed by atoms with Crippen LogP contribution in [0.2, 0.25) is 0 Å². The van der Waals surface area contributed by atoms with Crippen LogP contribution in [0.4, 0.5) is 0 Å². The fourth-order valence-electron chi connectivity index (χ4n) is 1.96. The molecule has 0 N–H and O–H groups in total. The first-order valence-electron chi connectivity index (χ1n) is 6.15. The molecule has 3 nitrogen and oxygen atoms in total. The zero-order chi connectivity index (χ0) is 12.1. The number of thioether (sulfide) groups is 1. The maximum Gasteiger partial charge on any atom is 0.224 e. The van der Waals surface area contributed by atoms with Gasteiger partial charge >= 0.3 is 0 Å². The second-order valence-electron chi connectivity index (χ2n) is 4.17. The average molecular weight is 250 g/mol. The Labute approximate surface area is 107 Å². The van der Waals surface area contributed by atoms with Crippen molar-refractivity contribution in [3.63, 3.8) is 0 Å². The van der Waals surface area contributed by atoms with E-state index >= 15 is 0 Å². The van der Waals surface area contributed by atoms with Gasteiger partial charge in [-0.05, 0) is 18.6 Å². The predicted octanol–water partition coefficient (Wildman–Crippen LogP) is 2.85. The van der Waals surface area contributed by atoms with Gasteiger partial charge in [0.25, 0.3) is 0 Å². The highest BCUT2D eigenvalue weighted by Gasteiger charge is 2.29. The van der Waals surface area contributed by atoms with Gasteiger partial charge in [0, 0.05) is 24.9 Å². The van der Waals surface area contributed by atoms with Crippen molar-refractivity contribution in [2.24, 2.45) is 0 Å². The zero-order valence-electron chi connectivity index (χ0n) is 10.1. The lowest BCUT2D eigenvalue weighted by molar-refractivity contribution is -0.132. The highest BCUT2D eigenvalue weighted by atomic mass is 32.2. The van der Waals surface area contributed by atoms with Crippen LogP contribution in [-0.2, 0) is 4.79 Å². The van der Waals surface area contributed by atoms with Crippen LogP contribution >= 0.6 is 11.8 Å². The molecule has 0 radical (unpaired) electrons. The molecule has 92 valence electrons. The normalized spacial score (nSPS) is 20.6. The summed E-state index contributed by atoms with van der Waals surface area (Å²) in [6.45, 7) is 3.00. The van der Waals surface area contributed by atoms with E-state index in [0.717, 1.165) is 30.8 Å². The Morgan fingerprint density at radius 3 is 3.12 bits per heavy atom. The minimum absolute atomic E-state index is 0.115. The highest BCUT2D eigenvalue weighted by molar-refractivity contribution is 7.99. The molecule has 1 saturated heterocycles. The third kappa shape index (κ3) is 3.00. The van der Waals surface area contributed by atoms with Gasteiger partial charge in [-0.1, -0.05) is 19.4 Å². The van der Waals surface area contributed by atoms with Crippen molar-refractivity contribution >= 4 is 17.7 Å². The van der Waals surface area contributed by atoms with E-state index in [1.807, 2.05) is 34.9 Å². The molecule has 0 aromatic carbocycles. The molecule has 1 aliphatic heterocycles. The van der Waals surface area contributed by atoms with E-state index in [9.17, 15) is 4.79 Å². The predicted molar refractivity (Wildman–Crippen MR) is 70.7 cm³/mol. The van der Waals surface area contributed by atoms with Crippen LogP contribution in [0.1, 0.15) is 37.3 Å². The number of carbonyl (C=O) groups is 1. The van der Waals surface area contributed by atoms with Crippen molar-refractivity contribution < 1.29 is 4.79 Å². The average Bonchev–Trinajstić information content (AvgIpc) is 2.38. The van der Waals surface area contributed by atoms with E-state index in [2.05, 4.69) is 11.9 Å². The lowest BCUT2D eigenvalue weighted by Crippen LogP contribution is -2.38. The summed E-state index contributed by atoms with van der Waals surface area (Å²) in [7, 11) is 0. The third-order valence-corrected chi connectivity index (χ3v) is 4.14. The molecule has 2 rings (SSSR count). The lowest BCUT2D eigenvalue weighted by atomic mass is 10.2. The van der Waals surface area contributed by atoms with Crippen molar-refractivity contribution in [2.45, 2.75) is 31.6 Å². The minimum Gasteiger partial charge on any atom is -0.325 e. The summed E-state index contributed by atoms with van der Waals surface area (Å²) in [5.41, 5.74) is 1.00. The van der Waals surface area contributed by atoms with Crippen molar-refractivity contribution in [3.05, 3.63) is 30.1 Å². The quantitative estimate of drug-likeness (QED) is 0.824. The molecule has 0 spiro atoms. The highest BCUT2D eigenvalue weighted by Crippen LogP contribution is 2.36. The summed E-state index contributed by atoms with van der Waals surface area (Å²) >= 11 is 1.82. The van der Waals surface area contributed by atoms with Crippen LogP contribution in [0.5, 0.6) is 0 Å². The van der Waals surface area contributed by atoms with Crippen molar-refractivity contribution in [1.29, 1.82) is 0 Å². The molecule has 1 atom stereocenters. The van der Waals surface area contributed by atoms with E-state index in [-0.39, 0.29) is 11.3 Å². The Hall–Kier alpha value is -1.03. The van der Waals surface area contributed by atoms with Crippen LogP contribution in [0.25, 0.3) is 0 Å². The van der Waals surface area contributed by atoms with E-state index in [1.165, 1.54) is 0 Å². The third-order valence-electron chi connectivity index (χ3n) is 2.89. The Bertz CT molecular complexity index is 369. The maximum absolute atomic E-state index is 12.0. The van der Waals surface area contributed by atoms with Gasteiger partial charge in [-0.25, -0.2) is 0 Å². The summed E-state index contributed by atoms with van der Waals surface area (Å²) in [6.07, 6.45) is 4.64. The van der Waals surface area contributed by atoms with Gasteiger partial charge < -0.3 is 4.90 Å². The number of rotatable bonds is 4. The molecule has 0 saturated carbocycles. The topological polar surface area (TPSA) is 33.2 Å². The molecule has 4 heteroatoms. The second kappa shape index (κ2) is 6.05. The van der Waals surface area contributed by atoms with Gasteiger partial charge in [0.05, 0.1) is 5.69 Å². The SMILES string of the molecule is CCCCN1C(=O)CCSC1c1ccccn1. The van der Waals surface area contributed by atoms with E-state index in [4.69, 9.17) is 0 Å². The largest absolute Gasteiger partial charge is 0.325 e. The van der Waals surface area contributed by atoms with Gasteiger partial charge in [0.1, 0.15) is 5.37 Å². The molecule has 1 fully saturated rings. The van der Waals surface area contributed by atoms with Gasteiger partial charge in [0.2, 0.25) is 5.91 Å². The van der Waals surface area contributed by atoms with Crippen LogP contribution in [-0.4, -0.2) is 28.1 Å². The number of hydrogen-bond donors (Lipinski definition) is 0. The zero-order valence-corrected chi connectivity index (χ0v) is 10.9. The Kier molecular flexibility index (Phi) is 4.42. The summed E-state index contributed by atoms with van der Waals surface area (Å²) in [4.78, 5) is 18.3. The summed E-state index contributed by atoms with van der Waals surface area (Å²) < 4.78 is 0.